The second-order valence-corrected chi connectivity index (χ2v) is 3.50. The summed E-state index contributed by atoms with van der Waals surface area (Å²) in [6, 6.07) is 1.81. The summed E-state index contributed by atoms with van der Waals surface area (Å²) in [6.45, 7) is 3.57. The number of H-pyrrole nitrogens is 1. The molecule has 0 radical (unpaired) electrons. The van der Waals surface area contributed by atoms with Crippen LogP contribution in [-0.2, 0) is 7.05 Å². The van der Waals surface area contributed by atoms with E-state index in [1.165, 1.54) is 0 Å². The molecule has 0 spiro atoms. The largest absolute Gasteiger partial charge is 0.305 e. The molecule has 0 aromatic carbocycles. The second-order valence-electron chi connectivity index (χ2n) is 3.50. The molecule has 0 aliphatic carbocycles. The third kappa shape index (κ3) is 1.68. The summed E-state index contributed by atoms with van der Waals surface area (Å²) in [5, 5.41) is 4.18. The lowest BCUT2D eigenvalue weighted by Gasteiger charge is -2.00. The normalized spacial score (nSPS) is 10.6. The van der Waals surface area contributed by atoms with E-state index in [1.54, 1.807) is 11.6 Å². The van der Waals surface area contributed by atoms with Crippen molar-refractivity contribution < 1.29 is 0 Å². The van der Waals surface area contributed by atoms with Crippen LogP contribution in [0.1, 0.15) is 11.3 Å². The highest BCUT2D eigenvalue weighted by Crippen LogP contribution is 2.10. The number of aromatic nitrogens is 4. The Bertz CT molecular complexity index is 553. The average molecular weight is 204 g/mol. The van der Waals surface area contributed by atoms with Crippen molar-refractivity contribution in [3.8, 4) is 11.5 Å². The van der Waals surface area contributed by atoms with Crippen molar-refractivity contribution in [2.45, 2.75) is 13.8 Å². The van der Waals surface area contributed by atoms with Crippen LogP contribution >= 0.6 is 0 Å². The Morgan fingerprint density at radius 1 is 1.40 bits per heavy atom. The molecular formula is C10H12N4O. The van der Waals surface area contributed by atoms with Crippen LogP contribution in [0.2, 0.25) is 0 Å². The number of rotatable bonds is 1. The summed E-state index contributed by atoms with van der Waals surface area (Å²) in [5.74, 6) is 0.517. The van der Waals surface area contributed by atoms with Gasteiger partial charge in [0.15, 0.2) is 5.82 Å². The van der Waals surface area contributed by atoms with Crippen LogP contribution in [0.4, 0.5) is 0 Å². The molecule has 0 aliphatic rings. The van der Waals surface area contributed by atoms with E-state index in [4.69, 9.17) is 0 Å². The van der Waals surface area contributed by atoms with Crippen molar-refractivity contribution in [2.75, 3.05) is 0 Å². The predicted molar refractivity (Wildman–Crippen MR) is 56.5 cm³/mol. The molecule has 2 aromatic rings. The van der Waals surface area contributed by atoms with E-state index >= 15 is 0 Å². The topological polar surface area (TPSA) is 63.6 Å². The number of aromatic amines is 1. The summed E-state index contributed by atoms with van der Waals surface area (Å²) in [4.78, 5) is 18.5. The number of nitrogens with one attached hydrogen (secondary N) is 1. The van der Waals surface area contributed by atoms with Crippen molar-refractivity contribution >= 4 is 0 Å². The highest BCUT2D eigenvalue weighted by molar-refractivity contribution is 5.48. The Morgan fingerprint density at radius 2 is 2.13 bits per heavy atom. The number of hydrogen-bond donors (Lipinski definition) is 1. The molecule has 0 aliphatic heterocycles. The van der Waals surface area contributed by atoms with Crippen LogP contribution in [0.25, 0.3) is 11.5 Å². The molecule has 0 unspecified atom stereocenters. The first-order valence-electron chi connectivity index (χ1n) is 4.65. The Kier molecular flexibility index (Phi) is 2.15. The van der Waals surface area contributed by atoms with Gasteiger partial charge in [-0.2, -0.15) is 5.10 Å². The van der Waals surface area contributed by atoms with E-state index in [2.05, 4.69) is 15.1 Å². The second kappa shape index (κ2) is 3.34. The van der Waals surface area contributed by atoms with Gasteiger partial charge in [-0.1, -0.05) is 0 Å². The Balaban J connectivity index is 2.60. The molecule has 5 heteroatoms. The van der Waals surface area contributed by atoms with Gasteiger partial charge in [-0.25, -0.2) is 4.98 Å². The van der Waals surface area contributed by atoms with Gasteiger partial charge in [0.2, 0.25) is 0 Å². The maximum Gasteiger partial charge on any atom is 0.254 e. The summed E-state index contributed by atoms with van der Waals surface area (Å²) >= 11 is 0. The van der Waals surface area contributed by atoms with Gasteiger partial charge in [-0.15, -0.1) is 0 Å². The van der Waals surface area contributed by atoms with Crippen LogP contribution < -0.4 is 5.56 Å². The van der Waals surface area contributed by atoms with Crippen LogP contribution in [0.15, 0.2) is 17.1 Å². The van der Waals surface area contributed by atoms with Crippen LogP contribution in [0, 0.1) is 13.8 Å². The quantitative estimate of drug-likeness (QED) is 0.746. The molecule has 2 rings (SSSR count). The molecule has 2 heterocycles. The van der Waals surface area contributed by atoms with E-state index in [0.717, 1.165) is 5.69 Å². The molecule has 15 heavy (non-hydrogen) atoms. The Hall–Kier alpha value is -1.91. The third-order valence-corrected chi connectivity index (χ3v) is 2.35. The van der Waals surface area contributed by atoms with Crippen molar-refractivity contribution in [1.29, 1.82) is 0 Å². The summed E-state index contributed by atoms with van der Waals surface area (Å²) < 4.78 is 1.67. The lowest BCUT2D eigenvalue weighted by Crippen LogP contribution is -2.14. The monoisotopic (exact) mass is 204 g/mol. The summed E-state index contributed by atoms with van der Waals surface area (Å²) in [6.07, 6.45) is 1.81. The van der Waals surface area contributed by atoms with Crippen molar-refractivity contribution in [2.24, 2.45) is 7.05 Å². The average Bonchev–Trinajstić information content (AvgIpc) is 2.60. The van der Waals surface area contributed by atoms with E-state index < -0.39 is 0 Å². The Morgan fingerprint density at radius 3 is 2.67 bits per heavy atom. The van der Waals surface area contributed by atoms with Gasteiger partial charge in [0.05, 0.1) is 0 Å². The number of nitrogens with zero attached hydrogens (tertiary/aromatic N) is 3. The van der Waals surface area contributed by atoms with Crippen molar-refractivity contribution in [3.05, 3.63) is 33.9 Å². The van der Waals surface area contributed by atoms with E-state index in [1.807, 2.05) is 26.2 Å². The first kappa shape index (κ1) is 9.64. The van der Waals surface area contributed by atoms with Crippen LogP contribution in [-0.4, -0.2) is 19.7 Å². The van der Waals surface area contributed by atoms with E-state index in [0.29, 0.717) is 17.1 Å². The summed E-state index contributed by atoms with van der Waals surface area (Å²) in [5.41, 5.74) is 1.95. The lowest BCUT2D eigenvalue weighted by molar-refractivity contribution is 0.768. The Labute approximate surface area is 86.8 Å². The SMILES string of the molecule is Cc1nc(-c2ccn(C)n2)[nH]c(=O)c1C. The molecule has 0 saturated heterocycles. The van der Waals surface area contributed by atoms with Gasteiger partial charge in [-0.3, -0.25) is 9.48 Å². The molecule has 0 saturated carbocycles. The molecule has 1 N–H and O–H groups in total. The first-order valence-corrected chi connectivity index (χ1v) is 4.65. The van der Waals surface area contributed by atoms with Crippen LogP contribution in [0.3, 0.4) is 0 Å². The van der Waals surface area contributed by atoms with Gasteiger partial charge in [0.25, 0.3) is 5.56 Å². The van der Waals surface area contributed by atoms with E-state index in [9.17, 15) is 4.79 Å². The standard InChI is InChI=1S/C10H12N4O/c1-6-7(2)11-9(12-10(6)15)8-4-5-14(3)13-8/h4-5H,1-3H3,(H,11,12,15). The molecule has 2 aromatic heterocycles. The minimum atomic E-state index is -0.108. The first-order chi connectivity index (χ1) is 7.08. The fourth-order valence-corrected chi connectivity index (χ4v) is 1.31. The molecule has 5 nitrogen and oxygen atoms in total. The van der Waals surface area contributed by atoms with E-state index in [-0.39, 0.29) is 5.56 Å². The minimum Gasteiger partial charge on any atom is -0.305 e. The smallest absolute Gasteiger partial charge is 0.254 e. The molecule has 78 valence electrons. The maximum absolute atomic E-state index is 11.5. The maximum atomic E-state index is 11.5. The fourth-order valence-electron chi connectivity index (χ4n) is 1.31. The van der Waals surface area contributed by atoms with Gasteiger partial charge >= 0.3 is 0 Å². The predicted octanol–water partition coefficient (Wildman–Crippen LogP) is 0.787. The molecular weight excluding hydrogens is 192 g/mol. The fraction of sp³-hybridized carbons (Fsp3) is 0.300. The molecule has 0 bridgehead atoms. The lowest BCUT2D eigenvalue weighted by atomic mass is 10.2. The molecule has 0 fully saturated rings. The number of hydrogen-bond acceptors (Lipinski definition) is 3. The highest BCUT2D eigenvalue weighted by atomic mass is 16.1. The molecule has 0 atom stereocenters. The number of aryl methyl sites for hydroxylation is 2. The minimum absolute atomic E-state index is 0.108. The zero-order chi connectivity index (χ0) is 11.0. The zero-order valence-corrected chi connectivity index (χ0v) is 8.90. The van der Waals surface area contributed by atoms with Gasteiger partial charge in [0.1, 0.15) is 5.69 Å². The van der Waals surface area contributed by atoms with Gasteiger partial charge in [-0.05, 0) is 19.9 Å². The van der Waals surface area contributed by atoms with Crippen LogP contribution in [0.5, 0.6) is 0 Å². The molecule has 0 amide bonds. The van der Waals surface area contributed by atoms with Crippen molar-refractivity contribution in [1.82, 2.24) is 19.7 Å². The van der Waals surface area contributed by atoms with Crippen molar-refractivity contribution in [3.63, 3.8) is 0 Å². The van der Waals surface area contributed by atoms with Gasteiger partial charge in [0, 0.05) is 24.5 Å². The zero-order valence-electron chi connectivity index (χ0n) is 8.90. The summed E-state index contributed by atoms with van der Waals surface area (Å²) in [7, 11) is 1.82. The van der Waals surface area contributed by atoms with Gasteiger partial charge < -0.3 is 4.98 Å². The highest BCUT2D eigenvalue weighted by Gasteiger charge is 2.07. The third-order valence-electron chi connectivity index (χ3n) is 2.35.